The first-order valence-corrected chi connectivity index (χ1v) is 17.2. The first kappa shape index (κ1) is 34.6. The topological polar surface area (TPSA) is 111 Å². The van der Waals surface area contributed by atoms with Crippen LogP contribution in [-0.4, -0.2) is 83.7 Å². The summed E-state index contributed by atoms with van der Waals surface area (Å²) in [7, 11) is 3.71. The van der Waals surface area contributed by atoms with Gasteiger partial charge in [0.05, 0.1) is 30.3 Å². The fraction of sp³-hybridized carbons (Fsp3) is 0.250. The Morgan fingerprint density at radius 2 is 1.67 bits per heavy atom. The molecule has 1 amide bonds. The van der Waals surface area contributed by atoms with Crippen LogP contribution < -0.4 is 25.1 Å². The lowest BCUT2D eigenvalue weighted by molar-refractivity contribution is 0.102. The van der Waals surface area contributed by atoms with Gasteiger partial charge in [0, 0.05) is 67.8 Å². The van der Waals surface area contributed by atoms with Gasteiger partial charge >= 0.3 is 0 Å². The molecule has 1 N–H and O–H groups in total. The van der Waals surface area contributed by atoms with Crippen LogP contribution in [0, 0.1) is 12.7 Å². The van der Waals surface area contributed by atoms with E-state index >= 15 is 4.39 Å². The molecule has 0 atom stereocenters. The Balaban J connectivity index is 1.07. The maximum absolute atomic E-state index is 15.5. The van der Waals surface area contributed by atoms with Gasteiger partial charge < -0.3 is 29.3 Å². The number of pyridine rings is 1. The number of nitrogens with one attached hydrogen (secondary N) is 1. The molecule has 0 saturated carbocycles. The average Bonchev–Trinajstić information content (AvgIpc) is 3.15. The van der Waals surface area contributed by atoms with Crippen molar-refractivity contribution in [3.8, 4) is 28.7 Å². The molecule has 1 aliphatic heterocycles. The number of para-hydroxylation sites is 2. The first-order chi connectivity index (χ1) is 25.3. The van der Waals surface area contributed by atoms with Crippen molar-refractivity contribution >= 4 is 33.5 Å². The number of hydrogen-bond donors (Lipinski definition) is 1. The maximum atomic E-state index is 15.5. The van der Waals surface area contributed by atoms with Crippen LogP contribution in [0.5, 0.6) is 23.0 Å². The molecule has 2 aromatic heterocycles. The Kier molecular flexibility index (Phi) is 10.1. The number of carbonyl (C=O) groups is 1. The summed E-state index contributed by atoms with van der Waals surface area (Å²) in [5.41, 5.74) is 2.44. The van der Waals surface area contributed by atoms with Crippen LogP contribution in [0.2, 0.25) is 0 Å². The lowest BCUT2D eigenvalue weighted by Crippen LogP contribution is -2.44. The third-order valence-electron chi connectivity index (χ3n) is 9.14. The second-order valence-electron chi connectivity index (χ2n) is 12.8. The Labute approximate surface area is 300 Å². The molecule has 0 bridgehead atoms. The lowest BCUT2D eigenvalue weighted by Gasteiger charge is -2.32. The Morgan fingerprint density at radius 1 is 0.885 bits per heavy atom. The van der Waals surface area contributed by atoms with E-state index in [-0.39, 0.29) is 17.1 Å². The summed E-state index contributed by atoms with van der Waals surface area (Å²) < 4.78 is 34.7. The first-order valence-electron chi connectivity index (χ1n) is 17.2. The number of ether oxygens (including phenoxy) is 3. The highest BCUT2D eigenvalue weighted by molar-refractivity contribution is 6.03. The fourth-order valence-corrected chi connectivity index (χ4v) is 6.23. The molecule has 52 heavy (non-hydrogen) atoms. The summed E-state index contributed by atoms with van der Waals surface area (Å²) in [5, 5.41) is 3.23. The number of nitrogens with zero attached hydrogens (tertiary/aromatic N) is 5. The van der Waals surface area contributed by atoms with Gasteiger partial charge in [-0.25, -0.2) is 9.37 Å². The maximum Gasteiger partial charge on any atom is 0.287 e. The summed E-state index contributed by atoms with van der Waals surface area (Å²) >= 11 is 0. The van der Waals surface area contributed by atoms with Gasteiger partial charge in [0.1, 0.15) is 5.75 Å². The van der Waals surface area contributed by atoms with E-state index in [4.69, 9.17) is 14.2 Å². The Hall–Kier alpha value is -5.85. The molecule has 6 aromatic rings. The van der Waals surface area contributed by atoms with Gasteiger partial charge in [-0.15, -0.1) is 0 Å². The molecule has 1 fully saturated rings. The van der Waals surface area contributed by atoms with Crippen molar-refractivity contribution in [3.05, 3.63) is 119 Å². The van der Waals surface area contributed by atoms with Crippen LogP contribution in [0.1, 0.15) is 22.5 Å². The van der Waals surface area contributed by atoms with Gasteiger partial charge in [0.15, 0.2) is 28.8 Å². The number of aromatic nitrogens is 3. The Morgan fingerprint density at radius 3 is 2.44 bits per heavy atom. The smallest absolute Gasteiger partial charge is 0.287 e. The van der Waals surface area contributed by atoms with Gasteiger partial charge in [0.2, 0.25) is 0 Å². The molecule has 0 unspecified atom stereocenters. The molecule has 0 aliphatic carbocycles. The molecular formula is C40H39FN6O5. The number of rotatable bonds is 11. The lowest BCUT2D eigenvalue weighted by atomic mass is 10.1. The average molecular weight is 703 g/mol. The largest absolute Gasteiger partial charge is 0.493 e. The van der Waals surface area contributed by atoms with Crippen molar-refractivity contribution in [1.82, 2.24) is 24.3 Å². The summed E-state index contributed by atoms with van der Waals surface area (Å²) in [5.74, 6) is -0.132. The zero-order chi connectivity index (χ0) is 36.2. The number of aryl methyl sites for hydroxylation is 1. The zero-order valence-corrected chi connectivity index (χ0v) is 29.3. The van der Waals surface area contributed by atoms with Gasteiger partial charge in [-0.05, 0) is 68.9 Å². The minimum atomic E-state index is -0.769. The van der Waals surface area contributed by atoms with Crippen LogP contribution in [0.25, 0.3) is 27.6 Å². The second kappa shape index (κ2) is 15.2. The van der Waals surface area contributed by atoms with Gasteiger partial charge in [0.25, 0.3) is 11.5 Å². The third kappa shape index (κ3) is 7.43. The van der Waals surface area contributed by atoms with E-state index in [1.54, 1.807) is 55.8 Å². The molecule has 0 radical (unpaired) electrons. The van der Waals surface area contributed by atoms with Crippen molar-refractivity contribution in [1.29, 1.82) is 0 Å². The van der Waals surface area contributed by atoms with Crippen molar-refractivity contribution in [2.45, 2.75) is 13.3 Å². The number of benzene rings is 4. The minimum absolute atomic E-state index is 0.0701. The SMILES string of the molecule is COc1cc2c(Oc3ccc(NC(=O)c4nc5ccccc5n(-c5ccc(C)cc5)c4=O)cc3F)ccnc2cc1OCCCN1CCN(C)CC1. The molecular weight excluding hydrogens is 663 g/mol. The van der Waals surface area contributed by atoms with Crippen LogP contribution in [0.3, 0.4) is 0 Å². The number of fused-ring (bicyclic) bond motifs is 2. The number of piperazine rings is 1. The zero-order valence-electron chi connectivity index (χ0n) is 29.3. The van der Waals surface area contributed by atoms with Gasteiger partial charge in [-0.1, -0.05) is 29.8 Å². The normalized spacial score (nSPS) is 13.7. The standard InChI is InChI=1S/C40H39FN6O5/c1-26-9-12-28(13-10-26)47-33-8-5-4-7-31(33)44-38(40(47)49)39(48)43-27-11-14-35(30(41)23-27)52-34-15-16-42-32-25-37(36(50-3)24-29(32)34)51-22-6-17-46-20-18-45(2)19-21-46/h4-5,7-16,23-25H,6,17-22H2,1-3H3,(H,43,48). The molecule has 1 saturated heterocycles. The monoisotopic (exact) mass is 702 g/mol. The van der Waals surface area contributed by atoms with Crippen molar-refractivity contribution in [3.63, 3.8) is 0 Å². The number of halogens is 1. The Bertz CT molecular complexity index is 2300. The summed E-state index contributed by atoms with van der Waals surface area (Å²) in [4.78, 5) is 40.7. The quantitative estimate of drug-likeness (QED) is 0.152. The van der Waals surface area contributed by atoms with Crippen molar-refractivity contribution in [2.75, 3.05) is 58.8 Å². The van der Waals surface area contributed by atoms with E-state index in [1.807, 2.05) is 31.2 Å². The molecule has 1 aliphatic rings. The molecule has 7 rings (SSSR count). The van der Waals surface area contributed by atoms with E-state index in [1.165, 1.54) is 16.7 Å². The number of anilines is 1. The molecule has 12 heteroatoms. The number of methoxy groups -OCH3 is 1. The second-order valence-corrected chi connectivity index (χ2v) is 12.8. The number of hydrogen-bond acceptors (Lipinski definition) is 9. The highest BCUT2D eigenvalue weighted by Gasteiger charge is 2.20. The summed E-state index contributed by atoms with van der Waals surface area (Å²) in [6.07, 6.45) is 2.45. The predicted molar refractivity (Wildman–Crippen MR) is 199 cm³/mol. The van der Waals surface area contributed by atoms with Gasteiger partial charge in [-0.2, -0.15) is 0 Å². The van der Waals surface area contributed by atoms with Crippen molar-refractivity contribution in [2.24, 2.45) is 0 Å². The van der Waals surface area contributed by atoms with Crippen LogP contribution in [-0.2, 0) is 0 Å². The minimum Gasteiger partial charge on any atom is -0.493 e. The third-order valence-corrected chi connectivity index (χ3v) is 9.14. The summed E-state index contributed by atoms with van der Waals surface area (Å²) in [6, 6.07) is 23.7. The van der Waals surface area contributed by atoms with E-state index < -0.39 is 17.3 Å². The van der Waals surface area contributed by atoms with E-state index in [0.29, 0.717) is 51.5 Å². The summed E-state index contributed by atoms with van der Waals surface area (Å²) in [6.45, 7) is 7.69. The molecule has 11 nitrogen and oxygen atoms in total. The molecule has 0 spiro atoms. The van der Waals surface area contributed by atoms with E-state index in [0.717, 1.165) is 50.8 Å². The fourth-order valence-electron chi connectivity index (χ4n) is 6.23. The number of likely N-dealkylation sites (N-methyl/N-ethyl adjacent to an activating group) is 1. The number of amides is 1. The van der Waals surface area contributed by atoms with Crippen LogP contribution in [0.15, 0.2) is 95.9 Å². The van der Waals surface area contributed by atoms with Crippen LogP contribution >= 0.6 is 0 Å². The van der Waals surface area contributed by atoms with Gasteiger partial charge in [-0.3, -0.25) is 19.1 Å². The highest BCUT2D eigenvalue weighted by Crippen LogP contribution is 2.38. The predicted octanol–water partition coefficient (Wildman–Crippen LogP) is 6.45. The highest BCUT2D eigenvalue weighted by atomic mass is 19.1. The van der Waals surface area contributed by atoms with Crippen molar-refractivity contribution < 1.29 is 23.4 Å². The number of carbonyl (C=O) groups excluding carboxylic acids is 1. The molecule has 4 aromatic carbocycles. The van der Waals surface area contributed by atoms with E-state index in [2.05, 4.69) is 32.1 Å². The molecule has 3 heterocycles. The van der Waals surface area contributed by atoms with Crippen LogP contribution in [0.4, 0.5) is 10.1 Å². The molecule has 266 valence electrons. The van der Waals surface area contributed by atoms with E-state index in [9.17, 15) is 9.59 Å².